The summed E-state index contributed by atoms with van der Waals surface area (Å²) in [7, 11) is 0. The van der Waals surface area contributed by atoms with Crippen LogP contribution < -0.4 is 0 Å². The summed E-state index contributed by atoms with van der Waals surface area (Å²) in [4.78, 5) is 4.01. The molecule has 0 aliphatic heterocycles. The molecule has 90 valence electrons. The van der Waals surface area contributed by atoms with Crippen LogP contribution in [0.3, 0.4) is 0 Å². The van der Waals surface area contributed by atoms with Crippen molar-refractivity contribution in [2.75, 3.05) is 0 Å². The molecule has 2 heterocycles. The van der Waals surface area contributed by atoms with Crippen molar-refractivity contribution in [1.82, 2.24) is 9.38 Å². The van der Waals surface area contributed by atoms with Crippen LogP contribution in [0.25, 0.3) is 5.52 Å². The van der Waals surface area contributed by atoms with Gasteiger partial charge < -0.3 is 0 Å². The maximum absolute atomic E-state index is 12.8. The Morgan fingerprint density at radius 2 is 1.75 bits per heavy atom. The first-order valence-electron chi connectivity index (χ1n) is 5.47. The monoisotopic (exact) mass is 244 g/mol. The van der Waals surface area contributed by atoms with Crippen molar-refractivity contribution in [2.45, 2.75) is 34.6 Å². The zero-order chi connectivity index (χ0) is 12.7. The third-order valence-corrected chi connectivity index (χ3v) is 2.05. The van der Waals surface area contributed by atoms with Gasteiger partial charge in [0.05, 0.1) is 11.2 Å². The second-order valence-electron chi connectivity index (χ2n) is 2.58. The van der Waals surface area contributed by atoms with E-state index in [0.717, 1.165) is 5.69 Å². The van der Waals surface area contributed by atoms with Gasteiger partial charge in [0.2, 0.25) is 0 Å². The highest BCUT2D eigenvalue weighted by Gasteiger charge is 2.04. The fourth-order valence-electron chi connectivity index (χ4n) is 1.15. The van der Waals surface area contributed by atoms with E-state index in [2.05, 4.69) is 4.98 Å². The van der Waals surface area contributed by atoms with Gasteiger partial charge in [0.15, 0.2) is 0 Å². The highest BCUT2D eigenvalue weighted by atomic mass is 35.5. The first-order valence-corrected chi connectivity index (χ1v) is 5.85. The number of aromatic nitrogens is 2. The molecule has 0 radical (unpaired) electrons. The average Bonchev–Trinajstić information content (AvgIpc) is 2.67. The largest absolute Gasteiger partial charge is 0.289 e. The molecule has 2 nitrogen and oxygen atoms in total. The second kappa shape index (κ2) is 7.23. The molecule has 0 bridgehead atoms. The lowest BCUT2D eigenvalue weighted by Crippen LogP contribution is -1.86. The number of fused-ring (bicyclic) bond motifs is 1. The lowest BCUT2D eigenvalue weighted by molar-refractivity contribution is 0.627. The number of aryl methyl sites for hydroxylation is 1. The van der Waals surface area contributed by atoms with E-state index in [4.69, 9.17) is 11.6 Å². The van der Waals surface area contributed by atoms with Crippen molar-refractivity contribution in [3.63, 3.8) is 0 Å². The van der Waals surface area contributed by atoms with Crippen LogP contribution >= 0.6 is 11.6 Å². The molecule has 0 saturated heterocycles. The molecule has 0 aromatic carbocycles. The van der Waals surface area contributed by atoms with E-state index in [0.29, 0.717) is 10.7 Å². The molecule has 0 N–H and O–H groups in total. The van der Waals surface area contributed by atoms with Gasteiger partial charge in [-0.3, -0.25) is 4.40 Å². The van der Waals surface area contributed by atoms with Gasteiger partial charge >= 0.3 is 0 Å². The van der Waals surface area contributed by atoms with E-state index in [1.54, 1.807) is 10.7 Å². The van der Waals surface area contributed by atoms with Crippen LogP contribution in [0.5, 0.6) is 0 Å². The highest BCUT2D eigenvalue weighted by Crippen LogP contribution is 2.17. The van der Waals surface area contributed by atoms with Crippen LogP contribution in [0, 0.1) is 12.7 Å². The Kier molecular flexibility index (Phi) is 6.74. The normalized spacial score (nSPS) is 8.94. The molecule has 16 heavy (non-hydrogen) atoms. The molecule has 0 aliphatic carbocycles. The molecule has 4 heteroatoms. The average molecular weight is 245 g/mol. The summed E-state index contributed by atoms with van der Waals surface area (Å²) in [5.41, 5.74) is 1.48. The zero-order valence-corrected chi connectivity index (χ0v) is 11.1. The number of hydrogen-bond acceptors (Lipinski definition) is 1. The van der Waals surface area contributed by atoms with Gasteiger partial charge in [0, 0.05) is 6.07 Å². The predicted octanol–water partition coefficient (Wildman–Crippen LogP) is 4.49. The van der Waals surface area contributed by atoms with E-state index in [9.17, 15) is 4.39 Å². The fourth-order valence-corrected chi connectivity index (χ4v) is 1.39. The van der Waals surface area contributed by atoms with Crippen LogP contribution in [0.4, 0.5) is 4.39 Å². The Labute approximate surface area is 101 Å². The van der Waals surface area contributed by atoms with Gasteiger partial charge in [-0.15, -0.1) is 0 Å². The van der Waals surface area contributed by atoms with Gasteiger partial charge in [0.25, 0.3) is 0 Å². The molecule has 2 rings (SSSR count). The third-order valence-electron chi connectivity index (χ3n) is 1.76. The standard InChI is InChI=1S/C8H6ClFN2.2C2H6/c1-5-7-2-6(10)3-8(9)12(7)4-11-5;2*1-2/h2-4H,1H3;2*1-2H3. The summed E-state index contributed by atoms with van der Waals surface area (Å²) in [6.45, 7) is 9.81. The maximum Gasteiger partial charge on any atom is 0.128 e. The first-order chi connectivity index (χ1) is 7.68. The first kappa shape index (κ1) is 14.9. The van der Waals surface area contributed by atoms with Crippen molar-refractivity contribution in [1.29, 1.82) is 0 Å². The lowest BCUT2D eigenvalue weighted by Gasteiger charge is -1.97. The van der Waals surface area contributed by atoms with Crippen molar-refractivity contribution in [3.8, 4) is 0 Å². The molecule has 0 spiro atoms. The lowest BCUT2D eigenvalue weighted by atomic mass is 10.3. The van der Waals surface area contributed by atoms with Crippen molar-refractivity contribution >= 4 is 17.1 Å². The minimum absolute atomic E-state index is 0.337. The Balaban J connectivity index is 0.000000509. The number of pyridine rings is 1. The molecule has 0 unspecified atom stereocenters. The summed E-state index contributed by atoms with van der Waals surface area (Å²) < 4.78 is 14.5. The van der Waals surface area contributed by atoms with Gasteiger partial charge in [-0.2, -0.15) is 0 Å². The Morgan fingerprint density at radius 1 is 1.19 bits per heavy atom. The number of rotatable bonds is 0. The molecule has 0 aliphatic rings. The molecular formula is C12H18ClFN2. The zero-order valence-electron chi connectivity index (χ0n) is 10.4. The van der Waals surface area contributed by atoms with Gasteiger partial charge in [-0.05, 0) is 13.0 Å². The molecule has 2 aromatic rings. The van der Waals surface area contributed by atoms with E-state index < -0.39 is 0 Å². The quantitative estimate of drug-likeness (QED) is 0.625. The second-order valence-corrected chi connectivity index (χ2v) is 2.97. The number of imidazole rings is 1. The summed E-state index contributed by atoms with van der Waals surface area (Å²) in [5.74, 6) is -0.337. The van der Waals surface area contributed by atoms with Gasteiger partial charge in [-0.25, -0.2) is 9.37 Å². The van der Waals surface area contributed by atoms with Crippen LogP contribution in [-0.4, -0.2) is 9.38 Å². The fraction of sp³-hybridized carbons (Fsp3) is 0.417. The molecular weight excluding hydrogens is 227 g/mol. The molecule has 0 amide bonds. The Morgan fingerprint density at radius 3 is 2.31 bits per heavy atom. The minimum Gasteiger partial charge on any atom is -0.289 e. The minimum atomic E-state index is -0.337. The summed E-state index contributed by atoms with van der Waals surface area (Å²) in [5, 5.41) is 0.339. The topological polar surface area (TPSA) is 17.3 Å². The van der Waals surface area contributed by atoms with Gasteiger partial charge in [-0.1, -0.05) is 39.3 Å². The molecule has 0 atom stereocenters. The number of halogens is 2. The van der Waals surface area contributed by atoms with Crippen LogP contribution in [0.1, 0.15) is 33.4 Å². The van der Waals surface area contributed by atoms with Crippen LogP contribution in [0.15, 0.2) is 18.5 Å². The third kappa shape index (κ3) is 3.20. The number of hydrogen-bond donors (Lipinski definition) is 0. The van der Waals surface area contributed by atoms with Crippen molar-refractivity contribution in [2.24, 2.45) is 0 Å². The SMILES string of the molecule is CC.CC.Cc1ncn2c(Cl)cc(F)cc12. The van der Waals surface area contributed by atoms with Crippen LogP contribution in [0.2, 0.25) is 5.15 Å². The van der Waals surface area contributed by atoms with Gasteiger partial charge in [0.1, 0.15) is 17.3 Å². The molecule has 0 saturated carbocycles. The highest BCUT2D eigenvalue weighted by molar-refractivity contribution is 6.29. The van der Waals surface area contributed by atoms with Crippen molar-refractivity contribution in [3.05, 3.63) is 35.1 Å². The summed E-state index contributed by atoms with van der Waals surface area (Å²) in [6, 6.07) is 2.67. The molecule has 0 fully saturated rings. The summed E-state index contributed by atoms with van der Waals surface area (Å²) >= 11 is 5.76. The maximum atomic E-state index is 12.8. The van der Waals surface area contributed by atoms with E-state index >= 15 is 0 Å². The number of nitrogens with zero attached hydrogens (tertiary/aromatic N) is 2. The van der Waals surface area contributed by atoms with E-state index in [1.807, 2.05) is 34.6 Å². The Hall–Kier alpha value is -1.09. The summed E-state index contributed by atoms with van der Waals surface area (Å²) in [6.07, 6.45) is 1.58. The Bertz CT molecular complexity index is 438. The van der Waals surface area contributed by atoms with Crippen molar-refractivity contribution < 1.29 is 4.39 Å². The molecule has 2 aromatic heterocycles. The predicted molar refractivity (Wildman–Crippen MR) is 67.6 cm³/mol. The smallest absolute Gasteiger partial charge is 0.128 e. The van der Waals surface area contributed by atoms with Crippen LogP contribution in [-0.2, 0) is 0 Å². The van der Waals surface area contributed by atoms with E-state index in [1.165, 1.54) is 12.1 Å². The van der Waals surface area contributed by atoms with E-state index in [-0.39, 0.29) is 5.82 Å².